The van der Waals surface area contributed by atoms with Gasteiger partial charge >= 0.3 is 0 Å². The number of rotatable bonds is 4. The van der Waals surface area contributed by atoms with E-state index in [1.807, 2.05) is 13.8 Å². The Morgan fingerprint density at radius 2 is 1.19 bits per heavy atom. The molecule has 0 saturated heterocycles. The highest BCUT2D eigenvalue weighted by Gasteiger charge is 2.33. The summed E-state index contributed by atoms with van der Waals surface area (Å²) in [6.45, 7) is 3.83. The summed E-state index contributed by atoms with van der Waals surface area (Å²) in [5.41, 5.74) is 2.94. The largest absolute Gasteiger partial charge is 0.294 e. The van der Waals surface area contributed by atoms with Gasteiger partial charge in [0, 0.05) is 42.6 Å². The van der Waals surface area contributed by atoms with E-state index >= 15 is 0 Å². The van der Waals surface area contributed by atoms with Crippen LogP contribution in [0.3, 0.4) is 0 Å². The van der Waals surface area contributed by atoms with Gasteiger partial charge in [-0.2, -0.15) is 4.31 Å². The summed E-state index contributed by atoms with van der Waals surface area (Å²) < 4.78 is 57.0. The van der Waals surface area contributed by atoms with Crippen molar-refractivity contribution in [3.8, 4) is 0 Å². The highest BCUT2D eigenvalue weighted by molar-refractivity contribution is 7.90. The highest BCUT2D eigenvalue weighted by atomic mass is 32.2. The first-order valence-corrected chi connectivity index (χ1v) is 14.5. The van der Waals surface area contributed by atoms with Gasteiger partial charge in [-0.25, -0.2) is 20.8 Å². The average molecular weight is 523 g/mol. The molecule has 0 amide bonds. The van der Waals surface area contributed by atoms with Crippen LogP contribution in [-0.2, 0) is 26.5 Å². The maximum atomic E-state index is 13.8. The number of para-hydroxylation sites is 1. The number of carbonyl (C=O) groups is 1. The Morgan fingerprint density at radius 1 is 0.667 bits per heavy atom. The molecule has 0 fully saturated rings. The van der Waals surface area contributed by atoms with Gasteiger partial charge in [-0.05, 0) is 44.2 Å². The van der Waals surface area contributed by atoms with Crippen molar-refractivity contribution in [2.24, 2.45) is 0 Å². The number of hydrogen-bond donors (Lipinski definition) is 0. The second kappa shape index (κ2) is 8.99. The minimum atomic E-state index is -4.05. The summed E-state index contributed by atoms with van der Waals surface area (Å²) in [7, 11) is -7.90. The van der Waals surface area contributed by atoms with Crippen LogP contribution in [0.5, 0.6) is 0 Å². The lowest BCUT2D eigenvalue weighted by molar-refractivity contribution is 0.0973. The van der Waals surface area contributed by atoms with Gasteiger partial charge in [-0.15, -0.1) is 0 Å². The molecule has 0 saturated carbocycles. The second-order valence-corrected chi connectivity index (χ2v) is 12.8. The first-order valence-electron chi connectivity index (χ1n) is 11.7. The third-order valence-corrected chi connectivity index (χ3v) is 10.3. The molecular formula is C27H26N2O5S2. The van der Waals surface area contributed by atoms with E-state index in [2.05, 4.69) is 0 Å². The number of sulfonamides is 1. The van der Waals surface area contributed by atoms with E-state index in [1.54, 1.807) is 72.8 Å². The number of benzene rings is 3. The first kappa shape index (κ1) is 24.4. The quantitative estimate of drug-likeness (QED) is 0.398. The predicted molar refractivity (Wildman–Crippen MR) is 138 cm³/mol. The van der Waals surface area contributed by atoms with Crippen LogP contribution >= 0.6 is 0 Å². The number of nitrogens with zero attached hydrogens (tertiary/aromatic N) is 2. The molecule has 4 aromatic rings. The van der Waals surface area contributed by atoms with Crippen molar-refractivity contribution in [2.75, 3.05) is 13.1 Å². The Labute approximate surface area is 211 Å². The van der Waals surface area contributed by atoms with Gasteiger partial charge in [0.1, 0.15) is 0 Å². The SMILES string of the molecule is Cc1ccc(S(=O)(=O)N2CCC(=O)c3c(n(S(=O)(=O)c4ccc(C)cc4)c4ccccc34)CC2)cc1. The molecule has 0 bridgehead atoms. The fourth-order valence-corrected chi connectivity index (χ4v) is 7.71. The van der Waals surface area contributed by atoms with Crippen LogP contribution < -0.4 is 0 Å². The molecule has 3 aromatic carbocycles. The summed E-state index contributed by atoms with van der Waals surface area (Å²) in [5.74, 6) is -0.275. The van der Waals surface area contributed by atoms with E-state index in [9.17, 15) is 21.6 Å². The predicted octanol–water partition coefficient (Wildman–Crippen LogP) is 4.31. The summed E-state index contributed by atoms with van der Waals surface area (Å²) in [5, 5.41) is 0.558. The standard InChI is InChI=1S/C27H26N2O5S2/c1-19-7-11-21(12-8-19)35(31,32)28-17-15-25-27(26(30)16-18-28)23-5-3-4-6-24(23)29(25)36(33,34)22-13-9-20(2)10-14-22/h3-14H,15-18H2,1-2H3. The highest BCUT2D eigenvalue weighted by Crippen LogP contribution is 2.33. The first-order chi connectivity index (χ1) is 17.1. The molecule has 0 radical (unpaired) electrons. The van der Waals surface area contributed by atoms with Crippen molar-refractivity contribution in [3.05, 3.63) is 95.2 Å². The molecule has 1 aliphatic heterocycles. The second-order valence-electron chi connectivity index (χ2n) is 9.06. The van der Waals surface area contributed by atoms with Crippen LogP contribution in [0.25, 0.3) is 10.9 Å². The minimum Gasteiger partial charge on any atom is -0.294 e. The van der Waals surface area contributed by atoms with Crippen molar-refractivity contribution in [1.29, 1.82) is 0 Å². The van der Waals surface area contributed by atoms with Gasteiger partial charge in [-0.1, -0.05) is 53.6 Å². The van der Waals surface area contributed by atoms with Gasteiger partial charge in [-0.3, -0.25) is 4.79 Å². The molecule has 186 valence electrons. The van der Waals surface area contributed by atoms with Gasteiger partial charge in [0.25, 0.3) is 10.0 Å². The zero-order valence-corrected chi connectivity index (χ0v) is 21.6. The van der Waals surface area contributed by atoms with Crippen LogP contribution in [0.15, 0.2) is 82.6 Å². The number of ketones is 1. The zero-order chi connectivity index (χ0) is 25.7. The Balaban J connectivity index is 1.65. The van der Waals surface area contributed by atoms with E-state index in [0.29, 0.717) is 22.2 Å². The van der Waals surface area contributed by atoms with Crippen molar-refractivity contribution < 1.29 is 21.6 Å². The maximum Gasteiger partial charge on any atom is 0.268 e. The molecule has 9 heteroatoms. The Bertz CT molecular complexity index is 1690. The summed E-state index contributed by atoms with van der Waals surface area (Å²) in [4.78, 5) is 13.7. The van der Waals surface area contributed by atoms with Crippen molar-refractivity contribution >= 4 is 36.7 Å². The molecule has 7 nitrogen and oxygen atoms in total. The molecule has 1 aromatic heterocycles. The lowest BCUT2D eigenvalue weighted by Crippen LogP contribution is -2.37. The van der Waals surface area contributed by atoms with Gasteiger partial charge in [0.05, 0.1) is 15.3 Å². The van der Waals surface area contributed by atoms with Crippen molar-refractivity contribution in [3.63, 3.8) is 0 Å². The van der Waals surface area contributed by atoms with Crippen LogP contribution in [0.2, 0.25) is 0 Å². The van der Waals surface area contributed by atoms with E-state index < -0.39 is 20.0 Å². The van der Waals surface area contributed by atoms with Crippen LogP contribution in [-0.4, -0.2) is 44.0 Å². The summed E-state index contributed by atoms with van der Waals surface area (Å²) >= 11 is 0. The topological polar surface area (TPSA) is 93.5 Å². The fraction of sp³-hybridized carbons (Fsp3) is 0.222. The van der Waals surface area contributed by atoms with Gasteiger partial charge < -0.3 is 0 Å². The summed E-state index contributed by atoms with van der Waals surface area (Å²) in [6.07, 6.45) is 0.0304. The number of aryl methyl sites for hydroxylation is 2. The lowest BCUT2D eigenvalue weighted by Gasteiger charge is -2.25. The molecule has 0 spiro atoms. The lowest BCUT2D eigenvalue weighted by atomic mass is 10.0. The molecule has 36 heavy (non-hydrogen) atoms. The Kier molecular flexibility index (Phi) is 6.10. The van der Waals surface area contributed by atoms with E-state index in [0.717, 1.165) is 11.1 Å². The van der Waals surface area contributed by atoms with Gasteiger partial charge in [0.15, 0.2) is 5.78 Å². The maximum absolute atomic E-state index is 13.8. The fourth-order valence-electron chi connectivity index (χ4n) is 4.69. The summed E-state index contributed by atoms with van der Waals surface area (Å²) in [6, 6.07) is 20.0. The van der Waals surface area contributed by atoms with E-state index in [4.69, 9.17) is 0 Å². The van der Waals surface area contributed by atoms with E-state index in [-0.39, 0.29) is 41.5 Å². The molecule has 0 unspecified atom stereocenters. The molecular weight excluding hydrogens is 496 g/mol. The number of hydrogen-bond acceptors (Lipinski definition) is 5. The molecule has 2 heterocycles. The van der Waals surface area contributed by atoms with Crippen LogP contribution in [0.4, 0.5) is 0 Å². The molecule has 1 aliphatic rings. The van der Waals surface area contributed by atoms with E-state index in [1.165, 1.54) is 8.28 Å². The average Bonchev–Trinajstić information content (AvgIpc) is 3.17. The van der Waals surface area contributed by atoms with Crippen molar-refractivity contribution in [1.82, 2.24) is 8.28 Å². The molecule has 0 N–H and O–H groups in total. The smallest absolute Gasteiger partial charge is 0.268 e. The number of fused-ring (bicyclic) bond motifs is 3. The number of aromatic nitrogens is 1. The third-order valence-electron chi connectivity index (χ3n) is 6.61. The van der Waals surface area contributed by atoms with Crippen molar-refractivity contribution in [2.45, 2.75) is 36.5 Å². The number of Topliss-reactive ketones (excluding diaryl/α,β-unsaturated/α-hetero) is 1. The monoisotopic (exact) mass is 522 g/mol. The van der Waals surface area contributed by atoms with Crippen LogP contribution in [0.1, 0.15) is 33.6 Å². The minimum absolute atomic E-state index is 0.0265. The number of carbonyl (C=O) groups excluding carboxylic acids is 1. The Morgan fingerprint density at radius 3 is 1.81 bits per heavy atom. The zero-order valence-electron chi connectivity index (χ0n) is 20.0. The normalized spacial score (nSPS) is 15.4. The molecule has 5 rings (SSSR count). The molecule has 0 atom stereocenters. The molecule has 0 aliphatic carbocycles. The van der Waals surface area contributed by atoms with Gasteiger partial charge in [0.2, 0.25) is 10.0 Å². The Hall–Kier alpha value is -3.27. The third kappa shape index (κ3) is 4.07. The van der Waals surface area contributed by atoms with Crippen LogP contribution in [0, 0.1) is 13.8 Å².